The zero-order chi connectivity index (χ0) is 18.2. The summed E-state index contributed by atoms with van der Waals surface area (Å²) in [5, 5.41) is 2.60. The number of sulfone groups is 1. The number of carbonyl (C=O) groups is 1. The third-order valence-corrected chi connectivity index (χ3v) is 5.24. The Morgan fingerprint density at radius 2 is 1.88 bits per heavy atom. The van der Waals surface area contributed by atoms with Gasteiger partial charge in [0.05, 0.1) is 17.1 Å². The molecule has 0 atom stereocenters. The van der Waals surface area contributed by atoms with Crippen LogP contribution in [0, 0.1) is 0 Å². The Bertz CT molecular complexity index is 939. The number of halogens is 3. The Hall–Kier alpha value is -2.55. The molecule has 0 aromatic heterocycles. The molecule has 5 nitrogen and oxygen atoms in total. The van der Waals surface area contributed by atoms with E-state index in [-0.39, 0.29) is 22.8 Å². The Balaban J connectivity index is 1.84. The molecule has 1 amide bonds. The van der Waals surface area contributed by atoms with Crippen molar-refractivity contribution in [2.24, 2.45) is 0 Å². The Kier molecular flexibility index (Phi) is 4.19. The van der Waals surface area contributed by atoms with E-state index in [1.165, 1.54) is 30.3 Å². The van der Waals surface area contributed by atoms with Crippen molar-refractivity contribution in [1.29, 1.82) is 0 Å². The molecule has 132 valence electrons. The second-order valence-electron chi connectivity index (χ2n) is 5.50. The number of anilines is 1. The molecule has 1 N–H and O–H groups in total. The van der Waals surface area contributed by atoms with Gasteiger partial charge in [0.15, 0.2) is 9.84 Å². The van der Waals surface area contributed by atoms with Gasteiger partial charge in [0.1, 0.15) is 5.75 Å². The van der Waals surface area contributed by atoms with Gasteiger partial charge in [-0.2, -0.15) is 0 Å². The van der Waals surface area contributed by atoms with Gasteiger partial charge in [-0.25, -0.2) is 8.42 Å². The summed E-state index contributed by atoms with van der Waals surface area (Å²) in [7, 11) is -3.79. The fourth-order valence-electron chi connectivity index (χ4n) is 2.53. The second kappa shape index (κ2) is 6.07. The number of rotatable bonds is 4. The number of hydrogen-bond acceptors (Lipinski definition) is 4. The lowest BCUT2D eigenvalue weighted by atomic mass is 10.2. The van der Waals surface area contributed by atoms with Crippen LogP contribution in [-0.2, 0) is 26.8 Å². The van der Waals surface area contributed by atoms with Crippen LogP contribution in [0.4, 0.5) is 18.9 Å². The number of hydrogen-bond donors (Lipinski definition) is 1. The highest BCUT2D eigenvalue weighted by Crippen LogP contribution is 2.28. The van der Waals surface area contributed by atoms with E-state index in [2.05, 4.69) is 10.1 Å². The molecular formula is C16H12F3NO4S. The lowest BCUT2D eigenvalue weighted by Gasteiger charge is -2.11. The van der Waals surface area contributed by atoms with Crippen molar-refractivity contribution in [2.75, 3.05) is 5.32 Å². The zero-order valence-corrected chi connectivity index (χ0v) is 13.4. The molecule has 1 aliphatic rings. The maximum atomic E-state index is 12.5. The summed E-state index contributed by atoms with van der Waals surface area (Å²) in [5.41, 5.74) is 1.29. The molecule has 0 unspecified atom stereocenters. The van der Waals surface area contributed by atoms with E-state index in [9.17, 15) is 26.4 Å². The number of benzene rings is 2. The highest BCUT2D eigenvalue weighted by Gasteiger charge is 2.31. The predicted molar refractivity (Wildman–Crippen MR) is 82.8 cm³/mol. The maximum absolute atomic E-state index is 12.5. The number of nitrogens with one attached hydrogen (secondary N) is 1. The summed E-state index contributed by atoms with van der Waals surface area (Å²) in [6.45, 7) is 0. The lowest BCUT2D eigenvalue weighted by Crippen LogP contribution is -2.17. The van der Waals surface area contributed by atoms with Gasteiger partial charge >= 0.3 is 6.36 Å². The van der Waals surface area contributed by atoms with Crippen LogP contribution in [0.3, 0.4) is 0 Å². The van der Waals surface area contributed by atoms with Crippen LogP contribution in [-0.4, -0.2) is 20.7 Å². The largest absolute Gasteiger partial charge is 0.573 e. The van der Waals surface area contributed by atoms with Crippen molar-refractivity contribution >= 4 is 21.4 Å². The number of carbonyl (C=O) groups excluding carboxylic acids is 1. The van der Waals surface area contributed by atoms with Gasteiger partial charge in [-0.05, 0) is 41.5 Å². The van der Waals surface area contributed by atoms with Crippen LogP contribution in [0.2, 0.25) is 0 Å². The van der Waals surface area contributed by atoms with Crippen LogP contribution >= 0.6 is 0 Å². The molecule has 1 aliphatic heterocycles. The average molecular weight is 371 g/mol. The lowest BCUT2D eigenvalue weighted by molar-refractivity contribution is -0.274. The number of ether oxygens (including phenoxy) is 1. The maximum Gasteiger partial charge on any atom is 0.573 e. The second-order valence-corrected chi connectivity index (χ2v) is 7.49. The van der Waals surface area contributed by atoms with Gasteiger partial charge in [0.25, 0.3) is 0 Å². The monoisotopic (exact) mass is 371 g/mol. The van der Waals surface area contributed by atoms with Crippen molar-refractivity contribution in [1.82, 2.24) is 0 Å². The summed E-state index contributed by atoms with van der Waals surface area (Å²) < 4.78 is 65.6. The molecule has 0 saturated heterocycles. The van der Waals surface area contributed by atoms with Crippen molar-refractivity contribution in [3.05, 3.63) is 53.6 Å². The minimum absolute atomic E-state index is 0.00453. The molecule has 3 rings (SSSR count). The van der Waals surface area contributed by atoms with Crippen LogP contribution in [0.1, 0.15) is 11.1 Å². The summed E-state index contributed by atoms with van der Waals surface area (Å²) in [6.07, 6.45) is -4.76. The first-order valence-corrected chi connectivity index (χ1v) is 8.78. The highest BCUT2D eigenvalue weighted by atomic mass is 32.2. The zero-order valence-electron chi connectivity index (χ0n) is 12.6. The van der Waals surface area contributed by atoms with Crippen LogP contribution < -0.4 is 10.1 Å². The molecule has 0 bridgehead atoms. The van der Waals surface area contributed by atoms with E-state index >= 15 is 0 Å². The summed E-state index contributed by atoms with van der Waals surface area (Å²) in [5.74, 6) is -1.19. The van der Waals surface area contributed by atoms with E-state index in [1.54, 1.807) is 0 Å². The van der Waals surface area contributed by atoms with E-state index in [1.807, 2.05) is 0 Å². The van der Waals surface area contributed by atoms with Gasteiger partial charge in [-0.1, -0.05) is 12.1 Å². The standard InChI is InChI=1S/C16H12F3NO4S/c17-16(18,19)24-12-3-1-2-10(6-12)9-25(22,23)13-4-5-14-11(7-13)8-15(21)20-14/h1-7H,8-9H2,(H,20,21). The molecule has 1 heterocycles. The minimum atomic E-state index is -4.85. The van der Waals surface area contributed by atoms with E-state index in [0.29, 0.717) is 11.3 Å². The first-order chi connectivity index (χ1) is 11.6. The molecule has 0 saturated carbocycles. The normalized spacial score (nSPS) is 14.1. The Morgan fingerprint density at radius 1 is 1.12 bits per heavy atom. The molecule has 2 aromatic carbocycles. The summed E-state index contributed by atoms with van der Waals surface area (Å²) >= 11 is 0. The molecule has 9 heteroatoms. The third kappa shape index (κ3) is 4.11. The first kappa shape index (κ1) is 17.3. The van der Waals surface area contributed by atoms with Crippen molar-refractivity contribution < 1.29 is 31.1 Å². The van der Waals surface area contributed by atoms with Gasteiger partial charge < -0.3 is 10.1 Å². The van der Waals surface area contributed by atoms with Crippen molar-refractivity contribution in [2.45, 2.75) is 23.4 Å². The van der Waals surface area contributed by atoms with Crippen LogP contribution in [0.25, 0.3) is 0 Å². The third-order valence-electron chi connectivity index (χ3n) is 3.55. The molecular weight excluding hydrogens is 359 g/mol. The van der Waals surface area contributed by atoms with Gasteiger partial charge in [0.2, 0.25) is 5.91 Å². The fraction of sp³-hybridized carbons (Fsp3) is 0.188. The topological polar surface area (TPSA) is 72.5 Å². The van der Waals surface area contributed by atoms with E-state index in [4.69, 9.17) is 0 Å². The smallest absolute Gasteiger partial charge is 0.406 e. The Labute approximate surface area is 141 Å². The number of fused-ring (bicyclic) bond motifs is 1. The van der Waals surface area contributed by atoms with Crippen LogP contribution in [0.15, 0.2) is 47.4 Å². The fourth-order valence-corrected chi connectivity index (χ4v) is 3.92. The first-order valence-electron chi connectivity index (χ1n) is 7.13. The van der Waals surface area contributed by atoms with Gasteiger partial charge in [0, 0.05) is 5.69 Å². The van der Waals surface area contributed by atoms with E-state index < -0.39 is 27.7 Å². The van der Waals surface area contributed by atoms with Crippen molar-refractivity contribution in [3.63, 3.8) is 0 Å². The minimum Gasteiger partial charge on any atom is -0.406 e. The van der Waals surface area contributed by atoms with Crippen molar-refractivity contribution in [3.8, 4) is 5.75 Å². The highest BCUT2D eigenvalue weighted by molar-refractivity contribution is 7.90. The summed E-state index contributed by atoms with van der Waals surface area (Å²) in [6, 6.07) is 9.07. The van der Waals surface area contributed by atoms with Gasteiger partial charge in [-0.15, -0.1) is 13.2 Å². The average Bonchev–Trinajstić information content (AvgIpc) is 2.84. The summed E-state index contributed by atoms with van der Waals surface area (Å²) in [4.78, 5) is 11.3. The molecule has 0 radical (unpaired) electrons. The Morgan fingerprint density at radius 3 is 2.60 bits per heavy atom. The molecule has 2 aromatic rings. The molecule has 25 heavy (non-hydrogen) atoms. The van der Waals surface area contributed by atoms with E-state index in [0.717, 1.165) is 12.1 Å². The quantitative estimate of drug-likeness (QED) is 0.897. The number of alkyl halides is 3. The molecule has 0 spiro atoms. The molecule has 0 fully saturated rings. The molecule has 0 aliphatic carbocycles. The predicted octanol–water partition coefficient (Wildman–Crippen LogP) is 3.05. The van der Waals surface area contributed by atoms with Crippen LogP contribution in [0.5, 0.6) is 5.75 Å². The number of amides is 1. The van der Waals surface area contributed by atoms with Gasteiger partial charge in [-0.3, -0.25) is 4.79 Å². The SMILES string of the molecule is O=C1Cc2cc(S(=O)(=O)Cc3cccc(OC(F)(F)F)c3)ccc2N1.